The first-order chi connectivity index (χ1) is 8.19. The first-order valence-electron chi connectivity index (χ1n) is 5.99. The highest BCUT2D eigenvalue weighted by Gasteiger charge is 2.25. The van der Waals surface area contributed by atoms with Gasteiger partial charge in [-0.1, -0.05) is 19.3 Å². The van der Waals surface area contributed by atoms with Crippen molar-refractivity contribution >= 4 is 23.4 Å². The summed E-state index contributed by atoms with van der Waals surface area (Å²) in [5.41, 5.74) is 0. The van der Waals surface area contributed by atoms with E-state index in [1.54, 1.807) is 0 Å². The van der Waals surface area contributed by atoms with Crippen LogP contribution in [-0.2, 0) is 9.59 Å². The molecule has 1 rings (SSSR count). The fraction of sp³-hybridized carbons (Fsp3) is 0.750. The van der Waals surface area contributed by atoms with Crippen LogP contribution < -0.4 is 5.32 Å². The Hall–Kier alpha value is -1.08. The molecule has 0 heterocycles. The molecule has 4 nitrogen and oxygen atoms in total. The minimum atomic E-state index is -0.819. The van der Waals surface area contributed by atoms with Crippen LogP contribution in [0, 0.1) is 23.2 Å². The minimum Gasteiger partial charge on any atom is -0.295 e. The highest BCUT2D eigenvalue weighted by atomic mass is 35.5. The first kappa shape index (κ1) is 14.0. The summed E-state index contributed by atoms with van der Waals surface area (Å²) in [6.07, 6.45) is 5.19. The number of carbonyl (C=O) groups is 2. The summed E-state index contributed by atoms with van der Waals surface area (Å²) >= 11 is 5.49. The van der Waals surface area contributed by atoms with E-state index in [1.165, 1.54) is 0 Å². The molecule has 2 amide bonds. The van der Waals surface area contributed by atoms with Gasteiger partial charge in [-0.25, -0.2) is 0 Å². The highest BCUT2D eigenvalue weighted by Crippen LogP contribution is 2.23. The van der Waals surface area contributed by atoms with Crippen molar-refractivity contribution in [1.29, 1.82) is 5.26 Å². The molecule has 0 aromatic carbocycles. The Balaban J connectivity index is 2.44. The first-order valence-corrected chi connectivity index (χ1v) is 6.52. The minimum absolute atomic E-state index is 0.0666. The average Bonchev–Trinajstić information content (AvgIpc) is 2.36. The number of alkyl halides is 1. The van der Waals surface area contributed by atoms with Crippen LogP contribution >= 0.6 is 11.6 Å². The van der Waals surface area contributed by atoms with E-state index in [0.29, 0.717) is 0 Å². The number of hydrogen-bond donors (Lipinski definition) is 1. The molecule has 5 heteroatoms. The Bertz CT molecular complexity index is 319. The van der Waals surface area contributed by atoms with Crippen molar-refractivity contribution in [2.45, 2.75) is 38.5 Å². The van der Waals surface area contributed by atoms with Gasteiger partial charge in [0.2, 0.25) is 11.8 Å². The lowest BCUT2D eigenvalue weighted by Crippen LogP contribution is -2.39. The number of nitrogens with one attached hydrogen (secondary N) is 1. The molecule has 0 aromatic rings. The molecular formula is C12H17ClN2O2. The lowest BCUT2D eigenvalue weighted by atomic mass is 9.88. The van der Waals surface area contributed by atoms with E-state index in [9.17, 15) is 9.59 Å². The largest absolute Gasteiger partial charge is 0.295 e. The molecule has 1 aliphatic carbocycles. The summed E-state index contributed by atoms with van der Waals surface area (Å²) in [5, 5.41) is 11.1. The molecule has 0 unspecified atom stereocenters. The molecule has 0 spiro atoms. The molecule has 1 atom stereocenters. The fourth-order valence-corrected chi connectivity index (χ4v) is 2.26. The molecule has 1 fully saturated rings. The second kappa shape index (κ2) is 7.29. The SMILES string of the molecule is N#C[C@@H](CCCl)C(=O)NC(=O)C1CCCCC1. The Morgan fingerprint density at radius 1 is 1.35 bits per heavy atom. The Kier molecular flexibility index (Phi) is 5.99. The maximum Gasteiger partial charge on any atom is 0.243 e. The van der Waals surface area contributed by atoms with Crippen molar-refractivity contribution < 1.29 is 9.59 Å². The second-order valence-electron chi connectivity index (χ2n) is 4.35. The molecule has 1 saturated carbocycles. The van der Waals surface area contributed by atoms with Crippen LogP contribution in [0.15, 0.2) is 0 Å². The van der Waals surface area contributed by atoms with E-state index in [0.717, 1.165) is 32.1 Å². The van der Waals surface area contributed by atoms with Gasteiger partial charge in [0.25, 0.3) is 0 Å². The van der Waals surface area contributed by atoms with Crippen LogP contribution in [0.25, 0.3) is 0 Å². The number of nitrogens with zero attached hydrogens (tertiary/aromatic N) is 1. The molecule has 1 aliphatic rings. The zero-order chi connectivity index (χ0) is 12.7. The predicted octanol–water partition coefficient (Wildman–Crippen LogP) is 1.98. The number of hydrogen-bond acceptors (Lipinski definition) is 3. The maximum atomic E-state index is 11.8. The predicted molar refractivity (Wildman–Crippen MR) is 64.2 cm³/mol. The Morgan fingerprint density at radius 3 is 2.53 bits per heavy atom. The number of amides is 2. The van der Waals surface area contributed by atoms with Gasteiger partial charge in [-0.2, -0.15) is 5.26 Å². The molecule has 0 saturated heterocycles. The summed E-state index contributed by atoms with van der Waals surface area (Å²) in [6, 6.07) is 1.86. The molecule has 94 valence electrons. The molecular weight excluding hydrogens is 240 g/mol. The maximum absolute atomic E-state index is 11.8. The van der Waals surface area contributed by atoms with Gasteiger partial charge in [-0.15, -0.1) is 11.6 Å². The molecule has 0 aromatic heterocycles. The third-order valence-electron chi connectivity index (χ3n) is 3.09. The van der Waals surface area contributed by atoms with Gasteiger partial charge in [0.05, 0.1) is 6.07 Å². The van der Waals surface area contributed by atoms with Gasteiger partial charge in [-0.05, 0) is 19.3 Å². The van der Waals surface area contributed by atoms with Gasteiger partial charge >= 0.3 is 0 Å². The Morgan fingerprint density at radius 2 is 2.00 bits per heavy atom. The van der Waals surface area contributed by atoms with Gasteiger partial charge in [-0.3, -0.25) is 14.9 Å². The number of rotatable bonds is 4. The van der Waals surface area contributed by atoms with Crippen molar-refractivity contribution in [2.24, 2.45) is 11.8 Å². The number of halogens is 1. The van der Waals surface area contributed by atoms with E-state index in [2.05, 4.69) is 5.32 Å². The van der Waals surface area contributed by atoms with Gasteiger partial charge in [0.1, 0.15) is 5.92 Å². The van der Waals surface area contributed by atoms with Gasteiger partial charge in [0, 0.05) is 11.8 Å². The van der Waals surface area contributed by atoms with Crippen molar-refractivity contribution in [2.75, 3.05) is 5.88 Å². The molecule has 0 bridgehead atoms. The van der Waals surface area contributed by atoms with Gasteiger partial charge < -0.3 is 0 Å². The van der Waals surface area contributed by atoms with Gasteiger partial charge in [0.15, 0.2) is 0 Å². The summed E-state index contributed by atoms with van der Waals surface area (Å²) in [4.78, 5) is 23.4. The van der Waals surface area contributed by atoms with Crippen molar-refractivity contribution in [1.82, 2.24) is 5.32 Å². The van der Waals surface area contributed by atoms with Crippen molar-refractivity contribution in [3.8, 4) is 6.07 Å². The molecule has 0 aliphatic heterocycles. The van der Waals surface area contributed by atoms with E-state index in [-0.39, 0.29) is 24.1 Å². The van der Waals surface area contributed by atoms with E-state index in [4.69, 9.17) is 16.9 Å². The molecule has 17 heavy (non-hydrogen) atoms. The van der Waals surface area contributed by atoms with Crippen molar-refractivity contribution in [3.05, 3.63) is 0 Å². The lowest BCUT2D eigenvalue weighted by Gasteiger charge is -2.20. The van der Waals surface area contributed by atoms with Crippen LogP contribution in [0.4, 0.5) is 0 Å². The summed E-state index contributed by atoms with van der Waals surface area (Å²) in [6.45, 7) is 0. The van der Waals surface area contributed by atoms with Crippen LogP contribution in [0.2, 0.25) is 0 Å². The van der Waals surface area contributed by atoms with E-state index < -0.39 is 11.8 Å². The normalized spacial score (nSPS) is 18.1. The third kappa shape index (κ3) is 4.35. The molecule has 1 N–H and O–H groups in total. The zero-order valence-electron chi connectivity index (χ0n) is 9.75. The summed E-state index contributed by atoms with van der Waals surface area (Å²) < 4.78 is 0. The van der Waals surface area contributed by atoms with E-state index >= 15 is 0 Å². The third-order valence-corrected chi connectivity index (χ3v) is 3.31. The lowest BCUT2D eigenvalue weighted by molar-refractivity contribution is -0.134. The number of imide groups is 1. The number of carbonyl (C=O) groups excluding carboxylic acids is 2. The molecule has 0 radical (unpaired) electrons. The fourth-order valence-electron chi connectivity index (χ4n) is 2.04. The monoisotopic (exact) mass is 256 g/mol. The topological polar surface area (TPSA) is 70.0 Å². The van der Waals surface area contributed by atoms with Crippen LogP contribution in [0.5, 0.6) is 0 Å². The van der Waals surface area contributed by atoms with Crippen LogP contribution in [0.1, 0.15) is 38.5 Å². The Labute approximate surface area is 106 Å². The quantitative estimate of drug-likeness (QED) is 0.782. The van der Waals surface area contributed by atoms with Crippen molar-refractivity contribution in [3.63, 3.8) is 0 Å². The zero-order valence-corrected chi connectivity index (χ0v) is 10.5. The average molecular weight is 257 g/mol. The number of nitriles is 1. The second-order valence-corrected chi connectivity index (χ2v) is 4.73. The van der Waals surface area contributed by atoms with Crippen LogP contribution in [0.3, 0.4) is 0 Å². The van der Waals surface area contributed by atoms with E-state index in [1.807, 2.05) is 6.07 Å². The highest BCUT2D eigenvalue weighted by molar-refractivity contribution is 6.18. The standard InChI is InChI=1S/C12H17ClN2O2/c13-7-6-10(8-14)12(17)15-11(16)9-4-2-1-3-5-9/h9-10H,1-7H2,(H,15,16,17)/t10-/m1/s1. The summed E-state index contributed by atoms with van der Waals surface area (Å²) in [7, 11) is 0. The summed E-state index contributed by atoms with van der Waals surface area (Å²) in [5.74, 6) is -1.39. The smallest absolute Gasteiger partial charge is 0.243 e. The van der Waals surface area contributed by atoms with Crippen LogP contribution in [-0.4, -0.2) is 17.7 Å².